The fourth-order valence-electron chi connectivity index (χ4n) is 2.20. The number of nitrogens with two attached hydrogens (primary N) is 1. The molecule has 3 N–H and O–H groups in total. The molecule has 0 aliphatic carbocycles. The van der Waals surface area contributed by atoms with Crippen LogP contribution in [0.2, 0.25) is 0 Å². The Hall–Kier alpha value is -2.01. The highest BCUT2D eigenvalue weighted by Gasteiger charge is 2.27. The highest BCUT2D eigenvalue weighted by atomic mass is 16.5. The van der Waals surface area contributed by atoms with Crippen molar-refractivity contribution in [2.45, 2.75) is 20.4 Å². The van der Waals surface area contributed by atoms with Gasteiger partial charge < -0.3 is 9.30 Å². The van der Waals surface area contributed by atoms with E-state index in [1.54, 1.807) is 7.11 Å². The second-order valence-corrected chi connectivity index (χ2v) is 5.19. The van der Waals surface area contributed by atoms with Gasteiger partial charge in [0.1, 0.15) is 5.75 Å². The van der Waals surface area contributed by atoms with E-state index in [-0.39, 0.29) is 5.91 Å². The molecule has 0 aliphatic rings. The number of hydrogen-bond donors (Lipinski definition) is 2. The van der Waals surface area contributed by atoms with Crippen molar-refractivity contribution in [2.75, 3.05) is 7.11 Å². The average molecular weight is 261 g/mol. The Balaban J connectivity index is 2.40. The molecule has 0 fully saturated rings. The molecule has 102 valence electrons. The second-order valence-electron chi connectivity index (χ2n) is 5.19. The lowest BCUT2D eigenvalue weighted by molar-refractivity contribution is -0.130. The summed E-state index contributed by atoms with van der Waals surface area (Å²) in [6.07, 6.45) is 1.96. The number of rotatable bonds is 4. The lowest BCUT2D eigenvalue weighted by Crippen LogP contribution is -2.43. The molecule has 0 saturated heterocycles. The van der Waals surface area contributed by atoms with Gasteiger partial charge in [-0.1, -0.05) is 6.07 Å². The van der Waals surface area contributed by atoms with Crippen LogP contribution >= 0.6 is 0 Å². The van der Waals surface area contributed by atoms with Crippen molar-refractivity contribution in [1.29, 1.82) is 0 Å². The summed E-state index contributed by atoms with van der Waals surface area (Å²) in [5.41, 5.74) is 2.67. The van der Waals surface area contributed by atoms with Crippen molar-refractivity contribution in [2.24, 2.45) is 11.3 Å². The second kappa shape index (κ2) is 4.93. The Kier molecular flexibility index (Phi) is 3.48. The molecule has 1 heterocycles. The molecule has 0 spiro atoms. The first kappa shape index (κ1) is 13.4. The molecule has 1 aromatic heterocycles. The molecule has 1 aromatic carbocycles. The number of nitrogens with zero attached hydrogens (tertiary/aromatic N) is 1. The van der Waals surface area contributed by atoms with Gasteiger partial charge in [-0.25, -0.2) is 5.84 Å². The first-order valence-corrected chi connectivity index (χ1v) is 6.12. The number of methoxy groups -OCH3 is 1. The lowest BCUT2D eigenvalue weighted by Gasteiger charge is -2.23. The van der Waals surface area contributed by atoms with Gasteiger partial charge in [0.05, 0.1) is 18.0 Å². The predicted molar refractivity (Wildman–Crippen MR) is 74.6 cm³/mol. The summed E-state index contributed by atoms with van der Waals surface area (Å²) < 4.78 is 7.36. The zero-order valence-electron chi connectivity index (χ0n) is 11.4. The zero-order valence-corrected chi connectivity index (χ0v) is 11.4. The van der Waals surface area contributed by atoms with Crippen molar-refractivity contribution >= 4 is 16.8 Å². The van der Waals surface area contributed by atoms with Crippen molar-refractivity contribution in [3.05, 3.63) is 30.5 Å². The first-order chi connectivity index (χ1) is 8.99. The summed E-state index contributed by atoms with van der Waals surface area (Å²) in [7, 11) is 1.65. The number of hydrazine groups is 1. The van der Waals surface area contributed by atoms with Crippen LogP contribution in [0.4, 0.5) is 0 Å². The molecule has 2 rings (SSSR count). The fourth-order valence-corrected chi connectivity index (χ4v) is 2.20. The number of benzene rings is 1. The number of aromatic nitrogens is 1. The van der Waals surface area contributed by atoms with Crippen LogP contribution in [-0.4, -0.2) is 17.6 Å². The van der Waals surface area contributed by atoms with Gasteiger partial charge in [-0.15, -0.1) is 0 Å². The zero-order chi connectivity index (χ0) is 14.0. The standard InChI is InChI=1S/C14H19N3O2/c1-14(2,13(18)16-15)9-17-8-7-10-11(17)5-4-6-12(10)19-3/h4-8H,9,15H2,1-3H3,(H,16,18). The molecular formula is C14H19N3O2. The van der Waals surface area contributed by atoms with Gasteiger partial charge in [0.15, 0.2) is 0 Å². The molecule has 0 saturated carbocycles. The molecule has 0 bridgehead atoms. The molecule has 19 heavy (non-hydrogen) atoms. The third-order valence-corrected chi connectivity index (χ3v) is 3.31. The number of nitrogens with one attached hydrogen (secondary N) is 1. The summed E-state index contributed by atoms with van der Waals surface area (Å²) in [5, 5.41) is 1.04. The van der Waals surface area contributed by atoms with Gasteiger partial charge in [0, 0.05) is 18.1 Å². The van der Waals surface area contributed by atoms with E-state index >= 15 is 0 Å². The van der Waals surface area contributed by atoms with E-state index in [0.717, 1.165) is 16.7 Å². The number of carbonyl (C=O) groups is 1. The van der Waals surface area contributed by atoms with Crippen molar-refractivity contribution < 1.29 is 9.53 Å². The minimum atomic E-state index is -0.580. The summed E-state index contributed by atoms with van der Waals surface area (Å²) >= 11 is 0. The minimum Gasteiger partial charge on any atom is -0.496 e. The minimum absolute atomic E-state index is 0.183. The van der Waals surface area contributed by atoms with Crippen LogP contribution in [0.5, 0.6) is 5.75 Å². The maximum absolute atomic E-state index is 11.7. The largest absolute Gasteiger partial charge is 0.496 e. The third-order valence-electron chi connectivity index (χ3n) is 3.31. The highest BCUT2D eigenvalue weighted by Crippen LogP contribution is 2.28. The molecule has 0 radical (unpaired) electrons. The van der Waals surface area contributed by atoms with Crippen LogP contribution in [0.15, 0.2) is 30.5 Å². The van der Waals surface area contributed by atoms with Crippen molar-refractivity contribution in [3.63, 3.8) is 0 Å². The van der Waals surface area contributed by atoms with Crippen LogP contribution in [0.1, 0.15) is 13.8 Å². The summed E-state index contributed by atoms with van der Waals surface area (Å²) in [6.45, 7) is 4.27. The maximum atomic E-state index is 11.7. The Morgan fingerprint density at radius 3 is 2.79 bits per heavy atom. The van der Waals surface area contributed by atoms with E-state index in [1.807, 2.05) is 48.9 Å². The molecule has 5 nitrogen and oxygen atoms in total. The fraction of sp³-hybridized carbons (Fsp3) is 0.357. The van der Waals surface area contributed by atoms with E-state index in [1.165, 1.54) is 0 Å². The van der Waals surface area contributed by atoms with Gasteiger partial charge in [-0.05, 0) is 32.0 Å². The maximum Gasteiger partial charge on any atom is 0.241 e. The number of fused-ring (bicyclic) bond motifs is 1. The highest BCUT2D eigenvalue weighted by molar-refractivity contribution is 5.87. The first-order valence-electron chi connectivity index (χ1n) is 6.12. The van der Waals surface area contributed by atoms with E-state index in [2.05, 4.69) is 5.43 Å². The van der Waals surface area contributed by atoms with Crippen LogP contribution in [0.3, 0.4) is 0 Å². The van der Waals surface area contributed by atoms with Gasteiger partial charge in [-0.2, -0.15) is 0 Å². The quantitative estimate of drug-likeness (QED) is 0.499. The lowest BCUT2D eigenvalue weighted by atomic mass is 9.92. The van der Waals surface area contributed by atoms with Gasteiger partial charge in [-0.3, -0.25) is 10.2 Å². The normalized spacial score (nSPS) is 11.6. The summed E-state index contributed by atoms with van der Waals surface area (Å²) in [5.74, 6) is 5.86. The summed E-state index contributed by atoms with van der Waals surface area (Å²) in [6, 6.07) is 7.86. The molecule has 1 amide bonds. The Bertz CT molecular complexity index is 602. The summed E-state index contributed by atoms with van der Waals surface area (Å²) in [4.78, 5) is 11.7. The van der Waals surface area contributed by atoms with Gasteiger partial charge in [0.2, 0.25) is 5.91 Å². The SMILES string of the molecule is COc1cccc2c1ccn2CC(C)(C)C(=O)NN. The van der Waals surface area contributed by atoms with Crippen molar-refractivity contribution in [3.8, 4) is 5.75 Å². The van der Waals surface area contributed by atoms with E-state index in [4.69, 9.17) is 10.6 Å². The average Bonchev–Trinajstić information content (AvgIpc) is 2.80. The van der Waals surface area contributed by atoms with E-state index in [9.17, 15) is 4.79 Å². The van der Waals surface area contributed by atoms with Crippen LogP contribution in [0.25, 0.3) is 10.9 Å². The Morgan fingerprint density at radius 1 is 1.42 bits per heavy atom. The monoisotopic (exact) mass is 261 g/mol. The molecule has 0 unspecified atom stereocenters. The van der Waals surface area contributed by atoms with Crippen molar-refractivity contribution in [1.82, 2.24) is 9.99 Å². The van der Waals surface area contributed by atoms with Gasteiger partial charge >= 0.3 is 0 Å². The van der Waals surface area contributed by atoms with E-state index < -0.39 is 5.41 Å². The van der Waals surface area contributed by atoms with E-state index in [0.29, 0.717) is 6.54 Å². The van der Waals surface area contributed by atoms with Crippen LogP contribution in [0, 0.1) is 5.41 Å². The number of hydrogen-bond acceptors (Lipinski definition) is 3. The number of amides is 1. The number of carbonyl (C=O) groups excluding carboxylic acids is 1. The number of ether oxygens (including phenoxy) is 1. The van der Waals surface area contributed by atoms with Gasteiger partial charge in [0.25, 0.3) is 0 Å². The smallest absolute Gasteiger partial charge is 0.241 e. The topological polar surface area (TPSA) is 69.3 Å². The predicted octanol–water partition coefficient (Wildman–Crippen LogP) is 1.67. The Labute approximate surface area is 112 Å². The van der Waals surface area contributed by atoms with Crippen LogP contribution < -0.4 is 16.0 Å². The molecule has 0 aliphatic heterocycles. The Morgan fingerprint density at radius 2 is 2.16 bits per heavy atom. The molecule has 5 heteroatoms. The molecule has 0 atom stereocenters. The van der Waals surface area contributed by atoms with Crippen LogP contribution in [-0.2, 0) is 11.3 Å². The molecule has 2 aromatic rings. The third kappa shape index (κ3) is 2.42. The molecular weight excluding hydrogens is 242 g/mol.